The molecule has 0 aliphatic carbocycles. The zero-order valence-corrected chi connectivity index (χ0v) is 15.0. The van der Waals surface area contributed by atoms with E-state index >= 15 is 0 Å². The van der Waals surface area contributed by atoms with Crippen LogP contribution in [0.3, 0.4) is 0 Å². The van der Waals surface area contributed by atoms with Crippen molar-refractivity contribution in [2.75, 3.05) is 19.6 Å². The first-order valence-corrected chi connectivity index (χ1v) is 8.79. The van der Waals surface area contributed by atoms with Gasteiger partial charge in [0.05, 0.1) is 5.01 Å². The molecular formula is C17H22ClN3O2S. The summed E-state index contributed by atoms with van der Waals surface area (Å²) in [5.41, 5.74) is 6.07. The molecule has 1 amide bonds. The molecule has 0 unspecified atom stereocenters. The Morgan fingerprint density at radius 3 is 2.67 bits per heavy atom. The standard InChI is InChI=1S/C17H21N3O2S.ClH/c18-9-6-16-19-15(12-23-16)17(21)20-10-7-14(8-11-20)22-13-4-2-1-3-5-13;/h1-5,12,14H,6-11,18H2;1H. The SMILES string of the molecule is Cl.NCCc1nc(C(=O)N2CCC(Oc3ccccc3)CC2)cs1. The van der Waals surface area contributed by atoms with E-state index in [-0.39, 0.29) is 24.4 Å². The van der Waals surface area contributed by atoms with E-state index in [0.29, 0.717) is 25.3 Å². The summed E-state index contributed by atoms with van der Waals surface area (Å²) in [6, 6.07) is 9.84. The smallest absolute Gasteiger partial charge is 0.273 e. The molecule has 2 heterocycles. The number of carbonyl (C=O) groups is 1. The highest BCUT2D eigenvalue weighted by Gasteiger charge is 2.26. The Balaban J connectivity index is 0.00000208. The van der Waals surface area contributed by atoms with Gasteiger partial charge < -0.3 is 15.4 Å². The number of piperidine rings is 1. The zero-order valence-electron chi connectivity index (χ0n) is 13.4. The van der Waals surface area contributed by atoms with E-state index < -0.39 is 0 Å². The summed E-state index contributed by atoms with van der Waals surface area (Å²) < 4.78 is 5.96. The maximum atomic E-state index is 12.5. The van der Waals surface area contributed by atoms with Crippen molar-refractivity contribution in [2.45, 2.75) is 25.4 Å². The fourth-order valence-electron chi connectivity index (χ4n) is 2.68. The van der Waals surface area contributed by atoms with Gasteiger partial charge in [-0.3, -0.25) is 4.79 Å². The van der Waals surface area contributed by atoms with Crippen LogP contribution in [0.2, 0.25) is 0 Å². The van der Waals surface area contributed by atoms with Gasteiger partial charge in [0.25, 0.3) is 5.91 Å². The topological polar surface area (TPSA) is 68.5 Å². The summed E-state index contributed by atoms with van der Waals surface area (Å²) >= 11 is 1.51. The molecule has 2 aromatic rings. The molecule has 1 aromatic heterocycles. The van der Waals surface area contributed by atoms with Crippen LogP contribution < -0.4 is 10.5 Å². The van der Waals surface area contributed by atoms with Gasteiger partial charge in [-0.25, -0.2) is 4.98 Å². The van der Waals surface area contributed by atoms with E-state index in [1.165, 1.54) is 11.3 Å². The van der Waals surface area contributed by atoms with Crippen molar-refractivity contribution < 1.29 is 9.53 Å². The molecule has 7 heteroatoms. The van der Waals surface area contributed by atoms with E-state index in [1.54, 1.807) is 0 Å². The number of hydrogen-bond donors (Lipinski definition) is 1. The number of hydrogen-bond acceptors (Lipinski definition) is 5. The van der Waals surface area contributed by atoms with Crippen LogP contribution in [0, 0.1) is 0 Å². The van der Waals surface area contributed by atoms with Gasteiger partial charge in [0, 0.05) is 37.7 Å². The van der Waals surface area contributed by atoms with E-state index in [9.17, 15) is 4.79 Å². The van der Waals surface area contributed by atoms with E-state index in [1.807, 2.05) is 40.6 Å². The minimum absolute atomic E-state index is 0. The summed E-state index contributed by atoms with van der Waals surface area (Å²) in [5.74, 6) is 0.908. The Kier molecular flexibility index (Phi) is 7.02. The minimum Gasteiger partial charge on any atom is -0.490 e. The number of amides is 1. The van der Waals surface area contributed by atoms with Gasteiger partial charge in [0.15, 0.2) is 0 Å². The Morgan fingerprint density at radius 1 is 1.29 bits per heavy atom. The number of nitrogens with zero attached hydrogens (tertiary/aromatic N) is 2. The Labute approximate surface area is 152 Å². The van der Waals surface area contributed by atoms with Crippen molar-refractivity contribution in [3.05, 3.63) is 46.4 Å². The normalized spacial score (nSPS) is 15.0. The largest absolute Gasteiger partial charge is 0.490 e. The average Bonchev–Trinajstić information content (AvgIpc) is 3.05. The van der Waals surface area contributed by atoms with Gasteiger partial charge in [0.2, 0.25) is 0 Å². The van der Waals surface area contributed by atoms with Gasteiger partial charge in [-0.15, -0.1) is 23.7 Å². The second kappa shape index (κ2) is 9.01. The molecular weight excluding hydrogens is 346 g/mol. The minimum atomic E-state index is 0. The first kappa shape index (κ1) is 18.7. The van der Waals surface area contributed by atoms with Crippen molar-refractivity contribution in [1.82, 2.24) is 9.88 Å². The molecule has 0 radical (unpaired) electrons. The van der Waals surface area contributed by atoms with E-state index in [4.69, 9.17) is 10.5 Å². The van der Waals surface area contributed by atoms with Crippen LogP contribution in [0.5, 0.6) is 5.75 Å². The first-order chi connectivity index (χ1) is 11.3. The molecule has 130 valence electrons. The lowest BCUT2D eigenvalue weighted by Crippen LogP contribution is -2.41. The van der Waals surface area contributed by atoms with Crippen molar-refractivity contribution >= 4 is 29.7 Å². The molecule has 0 atom stereocenters. The molecule has 1 fully saturated rings. The molecule has 0 spiro atoms. The van der Waals surface area contributed by atoms with Crippen LogP contribution in [0.25, 0.3) is 0 Å². The average molecular weight is 368 g/mol. The Hall–Kier alpha value is -1.63. The number of carbonyl (C=O) groups excluding carboxylic acids is 1. The van der Waals surface area contributed by atoms with Crippen LogP contribution in [-0.4, -0.2) is 41.5 Å². The molecule has 0 saturated carbocycles. The number of nitrogens with two attached hydrogens (primary N) is 1. The second-order valence-electron chi connectivity index (χ2n) is 5.59. The third kappa shape index (κ3) is 4.69. The van der Waals surface area contributed by atoms with Crippen molar-refractivity contribution in [3.8, 4) is 5.75 Å². The van der Waals surface area contributed by atoms with Crippen LogP contribution >= 0.6 is 23.7 Å². The molecule has 24 heavy (non-hydrogen) atoms. The molecule has 1 saturated heterocycles. The quantitative estimate of drug-likeness (QED) is 0.882. The Bertz CT molecular complexity index is 642. The summed E-state index contributed by atoms with van der Waals surface area (Å²) in [6.07, 6.45) is 2.59. The zero-order chi connectivity index (χ0) is 16.1. The first-order valence-electron chi connectivity index (χ1n) is 7.91. The number of halogens is 1. The predicted octanol–water partition coefficient (Wildman–Crippen LogP) is 2.75. The molecule has 2 N–H and O–H groups in total. The monoisotopic (exact) mass is 367 g/mol. The summed E-state index contributed by atoms with van der Waals surface area (Å²) in [4.78, 5) is 18.7. The van der Waals surface area contributed by atoms with Crippen LogP contribution in [0.15, 0.2) is 35.7 Å². The number of para-hydroxylation sites is 1. The van der Waals surface area contributed by atoms with Crippen molar-refractivity contribution in [2.24, 2.45) is 5.73 Å². The predicted molar refractivity (Wildman–Crippen MR) is 98.1 cm³/mol. The number of aromatic nitrogens is 1. The third-order valence-electron chi connectivity index (χ3n) is 3.90. The lowest BCUT2D eigenvalue weighted by atomic mass is 10.1. The van der Waals surface area contributed by atoms with Gasteiger partial charge in [-0.2, -0.15) is 0 Å². The van der Waals surface area contributed by atoms with Crippen LogP contribution in [0.1, 0.15) is 28.3 Å². The number of likely N-dealkylation sites (tertiary alicyclic amines) is 1. The lowest BCUT2D eigenvalue weighted by Gasteiger charge is -2.31. The fourth-order valence-corrected chi connectivity index (χ4v) is 3.47. The molecule has 3 rings (SSSR count). The highest BCUT2D eigenvalue weighted by Crippen LogP contribution is 2.20. The van der Waals surface area contributed by atoms with Gasteiger partial charge in [-0.1, -0.05) is 18.2 Å². The fraction of sp³-hybridized carbons (Fsp3) is 0.412. The van der Waals surface area contributed by atoms with Gasteiger partial charge in [0.1, 0.15) is 17.5 Å². The summed E-state index contributed by atoms with van der Waals surface area (Å²) in [6.45, 7) is 1.98. The molecule has 1 aliphatic heterocycles. The molecule has 1 aliphatic rings. The molecule has 0 bridgehead atoms. The Morgan fingerprint density at radius 2 is 2.00 bits per heavy atom. The van der Waals surface area contributed by atoms with Crippen molar-refractivity contribution in [1.29, 1.82) is 0 Å². The maximum absolute atomic E-state index is 12.5. The van der Waals surface area contributed by atoms with Gasteiger partial charge in [-0.05, 0) is 18.7 Å². The van der Waals surface area contributed by atoms with Crippen LogP contribution in [0.4, 0.5) is 0 Å². The molecule has 1 aromatic carbocycles. The summed E-state index contributed by atoms with van der Waals surface area (Å²) in [5, 5.41) is 2.76. The lowest BCUT2D eigenvalue weighted by molar-refractivity contribution is 0.0590. The number of thiazole rings is 1. The number of rotatable bonds is 5. The van der Waals surface area contributed by atoms with E-state index in [2.05, 4.69) is 4.98 Å². The third-order valence-corrected chi connectivity index (χ3v) is 4.81. The second-order valence-corrected chi connectivity index (χ2v) is 6.53. The highest BCUT2D eigenvalue weighted by atomic mass is 35.5. The van der Waals surface area contributed by atoms with Crippen LogP contribution in [-0.2, 0) is 6.42 Å². The summed E-state index contributed by atoms with van der Waals surface area (Å²) in [7, 11) is 0. The molecule has 5 nitrogen and oxygen atoms in total. The highest BCUT2D eigenvalue weighted by molar-refractivity contribution is 7.09. The maximum Gasteiger partial charge on any atom is 0.273 e. The number of ether oxygens (including phenoxy) is 1. The van der Waals surface area contributed by atoms with Gasteiger partial charge >= 0.3 is 0 Å². The number of benzene rings is 1. The van der Waals surface area contributed by atoms with E-state index in [0.717, 1.165) is 30.0 Å². The van der Waals surface area contributed by atoms with Crippen molar-refractivity contribution in [3.63, 3.8) is 0 Å².